The molecule has 2 aromatic carbocycles. The smallest absolute Gasteiger partial charge is 0.371 e. The molecule has 0 spiro atoms. The fraction of sp³-hybridized carbons (Fsp3) is 0.333. The van der Waals surface area contributed by atoms with Gasteiger partial charge in [0.05, 0.1) is 28.8 Å². The summed E-state index contributed by atoms with van der Waals surface area (Å²) in [4.78, 5) is 25.1. The molecule has 1 aliphatic heterocycles. The van der Waals surface area contributed by atoms with E-state index in [0.29, 0.717) is 13.0 Å². The Bertz CT molecular complexity index is 820. The number of nitrogens with one attached hydrogen (secondary N) is 1. The highest BCUT2D eigenvalue weighted by atomic mass is 35.5. The fourth-order valence-electron chi connectivity index (χ4n) is 2.83. The van der Waals surface area contributed by atoms with Crippen molar-refractivity contribution in [2.24, 2.45) is 0 Å². The number of hydrogen-bond acceptors (Lipinski definition) is 6. The number of carbonyl (C=O) groups excluding carboxylic acids is 2. The summed E-state index contributed by atoms with van der Waals surface area (Å²) >= 11 is 12.3. The van der Waals surface area contributed by atoms with Crippen LogP contribution >= 0.6 is 23.2 Å². The molecule has 8 heteroatoms. The van der Waals surface area contributed by atoms with Crippen molar-refractivity contribution in [2.45, 2.75) is 38.2 Å². The molecule has 1 heterocycles. The molecule has 3 rings (SSSR count). The third-order valence-electron chi connectivity index (χ3n) is 4.28. The van der Waals surface area contributed by atoms with Crippen LogP contribution in [0.1, 0.15) is 24.8 Å². The molecule has 29 heavy (non-hydrogen) atoms. The van der Waals surface area contributed by atoms with Crippen LogP contribution in [-0.4, -0.2) is 31.1 Å². The Morgan fingerprint density at radius 3 is 2.45 bits per heavy atom. The maximum Gasteiger partial charge on any atom is 0.371 e. The zero-order valence-corrected chi connectivity index (χ0v) is 17.1. The van der Waals surface area contributed by atoms with Crippen molar-refractivity contribution in [3.05, 3.63) is 64.1 Å². The summed E-state index contributed by atoms with van der Waals surface area (Å²) in [6, 6.07) is 13.9. The van der Waals surface area contributed by atoms with Crippen LogP contribution in [0.2, 0.25) is 10.0 Å². The molecule has 0 aromatic heterocycles. The summed E-state index contributed by atoms with van der Waals surface area (Å²) < 4.78 is 16.2. The van der Waals surface area contributed by atoms with Gasteiger partial charge in [-0.2, -0.15) is 0 Å². The van der Waals surface area contributed by atoms with Gasteiger partial charge in [0.15, 0.2) is 0 Å². The zero-order chi connectivity index (χ0) is 20.6. The van der Waals surface area contributed by atoms with E-state index < -0.39 is 24.5 Å². The lowest BCUT2D eigenvalue weighted by Crippen LogP contribution is -2.39. The summed E-state index contributed by atoms with van der Waals surface area (Å²) in [5, 5.41) is 3.35. The molecule has 6 nitrogen and oxygen atoms in total. The highest BCUT2D eigenvalue weighted by Crippen LogP contribution is 2.31. The molecule has 0 radical (unpaired) electrons. The van der Waals surface area contributed by atoms with Crippen LogP contribution in [0.5, 0.6) is 0 Å². The number of carbonyl (C=O) groups is 2. The Labute approximate surface area is 179 Å². The van der Waals surface area contributed by atoms with E-state index in [1.165, 1.54) is 0 Å². The van der Waals surface area contributed by atoms with E-state index in [2.05, 4.69) is 5.32 Å². The number of esters is 2. The van der Waals surface area contributed by atoms with Crippen LogP contribution in [-0.2, 0) is 30.2 Å². The molecule has 0 aliphatic carbocycles. The lowest BCUT2D eigenvalue weighted by atomic mass is 10.2. The molecule has 0 saturated carbocycles. The van der Waals surface area contributed by atoms with Crippen molar-refractivity contribution in [1.29, 1.82) is 0 Å². The molecule has 1 N–H and O–H groups in total. The summed E-state index contributed by atoms with van der Waals surface area (Å²) in [5.41, 5.74) is 1.03. The fourth-order valence-corrected chi connectivity index (χ4v) is 3.34. The quantitative estimate of drug-likeness (QED) is 0.504. The van der Waals surface area contributed by atoms with E-state index in [1.54, 1.807) is 30.3 Å². The lowest BCUT2D eigenvalue weighted by Gasteiger charge is -2.26. The average Bonchev–Trinajstić information content (AvgIpc) is 2.71. The maximum absolute atomic E-state index is 12.7. The van der Waals surface area contributed by atoms with E-state index in [-0.39, 0.29) is 22.2 Å². The lowest BCUT2D eigenvalue weighted by molar-refractivity contribution is -0.197. The van der Waals surface area contributed by atoms with Crippen LogP contribution in [0.4, 0.5) is 5.69 Å². The highest BCUT2D eigenvalue weighted by molar-refractivity contribution is 6.39. The van der Waals surface area contributed by atoms with Gasteiger partial charge in [0.25, 0.3) is 6.23 Å². The average molecular weight is 438 g/mol. The predicted molar refractivity (Wildman–Crippen MR) is 110 cm³/mol. The number of rotatable bonds is 7. The molecule has 2 atom stereocenters. The van der Waals surface area contributed by atoms with Gasteiger partial charge in [-0.15, -0.1) is 0 Å². The van der Waals surface area contributed by atoms with Gasteiger partial charge in [-0.3, -0.25) is 4.79 Å². The van der Waals surface area contributed by atoms with Gasteiger partial charge in [0, 0.05) is 6.42 Å². The van der Waals surface area contributed by atoms with Crippen molar-refractivity contribution in [3.63, 3.8) is 0 Å². The van der Waals surface area contributed by atoms with E-state index >= 15 is 0 Å². The predicted octanol–water partition coefficient (Wildman–Crippen LogP) is 4.59. The van der Waals surface area contributed by atoms with Crippen molar-refractivity contribution >= 4 is 40.8 Å². The van der Waals surface area contributed by atoms with Crippen LogP contribution in [0.25, 0.3) is 0 Å². The Balaban J connectivity index is 1.72. The van der Waals surface area contributed by atoms with E-state index in [1.807, 2.05) is 18.2 Å². The van der Waals surface area contributed by atoms with Gasteiger partial charge < -0.3 is 19.5 Å². The Kier molecular flexibility index (Phi) is 7.75. The second kappa shape index (κ2) is 10.5. The molecule has 1 saturated heterocycles. The van der Waals surface area contributed by atoms with Crippen molar-refractivity contribution in [1.82, 2.24) is 0 Å². The first-order valence-electron chi connectivity index (χ1n) is 9.29. The molecule has 1 fully saturated rings. The minimum absolute atomic E-state index is 0.00246. The van der Waals surface area contributed by atoms with Crippen LogP contribution < -0.4 is 5.32 Å². The summed E-state index contributed by atoms with van der Waals surface area (Å²) in [6.45, 7) is 0.514. The second-order valence-corrected chi connectivity index (χ2v) is 7.32. The Hall–Kier alpha value is -2.28. The molecule has 154 valence electrons. The third-order valence-corrected chi connectivity index (χ3v) is 4.91. The number of para-hydroxylation sites is 1. The van der Waals surface area contributed by atoms with Gasteiger partial charge in [0.1, 0.15) is 0 Å². The van der Waals surface area contributed by atoms with E-state index in [0.717, 1.165) is 18.4 Å². The number of ether oxygens (including phenoxy) is 3. The summed E-state index contributed by atoms with van der Waals surface area (Å²) in [6.07, 6.45) is 0.299. The second-order valence-electron chi connectivity index (χ2n) is 6.51. The molecular formula is C21H21Cl2NO5. The normalized spacial score (nSPS) is 17.2. The van der Waals surface area contributed by atoms with Crippen LogP contribution in [0.3, 0.4) is 0 Å². The van der Waals surface area contributed by atoms with Gasteiger partial charge in [-0.05, 0) is 30.5 Å². The SMILES string of the molecule is O=C(Cc1ccccc1)OC(Nc1c(Cl)cccc1Cl)C(=O)OC1CCCCO1. The number of anilines is 1. The molecule has 2 unspecified atom stereocenters. The molecule has 1 aliphatic rings. The summed E-state index contributed by atoms with van der Waals surface area (Å²) in [5.74, 6) is -1.38. The molecule has 2 aromatic rings. The first-order valence-corrected chi connectivity index (χ1v) is 10.0. The summed E-state index contributed by atoms with van der Waals surface area (Å²) in [7, 11) is 0. The van der Waals surface area contributed by atoms with Crippen molar-refractivity contribution < 1.29 is 23.8 Å². The minimum atomic E-state index is -1.42. The van der Waals surface area contributed by atoms with Gasteiger partial charge >= 0.3 is 11.9 Å². The largest absolute Gasteiger partial charge is 0.432 e. The van der Waals surface area contributed by atoms with Gasteiger partial charge in [-0.25, -0.2) is 4.79 Å². The number of halogens is 2. The monoisotopic (exact) mass is 437 g/mol. The standard InChI is InChI=1S/C21H21Cl2NO5/c22-15-9-6-10-16(23)19(15)24-20(21(26)29-18-11-4-5-12-27-18)28-17(25)13-14-7-2-1-3-8-14/h1-3,6-10,18,20,24H,4-5,11-13H2. The van der Waals surface area contributed by atoms with Gasteiger partial charge in [-0.1, -0.05) is 59.6 Å². The van der Waals surface area contributed by atoms with Crippen molar-refractivity contribution in [3.8, 4) is 0 Å². The van der Waals surface area contributed by atoms with Crippen LogP contribution in [0.15, 0.2) is 48.5 Å². The first kappa shape index (κ1) is 21.4. The third kappa shape index (κ3) is 6.35. The van der Waals surface area contributed by atoms with E-state index in [4.69, 9.17) is 37.4 Å². The van der Waals surface area contributed by atoms with Crippen LogP contribution in [0, 0.1) is 0 Å². The first-order chi connectivity index (χ1) is 14.0. The molecular weight excluding hydrogens is 417 g/mol. The minimum Gasteiger partial charge on any atom is -0.432 e. The topological polar surface area (TPSA) is 73.9 Å². The molecule has 0 bridgehead atoms. The number of hydrogen-bond donors (Lipinski definition) is 1. The van der Waals surface area contributed by atoms with Crippen molar-refractivity contribution in [2.75, 3.05) is 11.9 Å². The molecule has 0 amide bonds. The van der Waals surface area contributed by atoms with Gasteiger partial charge in [0.2, 0.25) is 6.29 Å². The Morgan fingerprint density at radius 1 is 1.07 bits per heavy atom. The number of benzene rings is 2. The zero-order valence-electron chi connectivity index (χ0n) is 15.6. The Morgan fingerprint density at radius 2 is 1.79 bits per heavy atom. The maximum atomic E-state index is 12.7. The van der Waals surface area contributed by atoms with E-state index in [9.17, 15) is 9.59 Å². The highest BCUT2D eigenvalue weighted by Gasteiger charge is 2.29.